The van der Waals surface area contributed by atoms with Gasteiger partial charge in [-0.15, -0.1) is 0 Å². The van der Waals surface area contributed by atoms with Gasteiger partial charge in [-0.3, -0.25) is 0 Å². The topological polar surface area (TPSA) is 46.7 Å². The van der Waals surface area contributed by atoms with Crippen LogP contribution in [0.15, 0.2) is 29.2 Å². The summed E-state index contributed by atoms with van der Waals surface area (Å²) in [6, 6.07) is 7.04. The van der Waals surface area contributed by atoms with Gasteiger partial charge in [-0.2, -0.15) is 0 Å². The predicted molar refractivity (Wildman–Crippen MR) is 53.0 cm³/mol. The van der Waals surface area contributed by atoms with Gasteiger partial charge in [0.15, 0.2) is 9.84 Å². The largest absolute Gasteiger partial charge is 0.373 e. The average molecular weight is 212 g/mol. The van der Waals surface area contributed by atoms with Crippen molar-refractivity contribution in [1.82, 2.24) is 0 Å². The van der Waals surface area contributed by atoms with Crippen molar-refractivity contribution >= 4 is 9.84 Å². The first-order valence-electron chi connectivity index (χ1n) is 4.46. The van der Waals surface area contributed by atoms with Crippen LogP contribution in [0.1, 0.15) is 5.56 Å². The van der Waals surface area contributed by atoms with Crippen LogP contribution in [-0.2, 0) is 21.0 Å². The first-order chi connectivity index (χ1) is 6.55. The van der Waals surface area contributed by atoms with Gasteiger partial charge in [0.25, 0.3) is 0 Å². The second kappa shape index (κ2) is 3.37. The molecule has 1 saturated heterocycles. The third kappa shape index (κ3) is 2.33. The molecule has 0 aliphatic carbocycles. The van der Waals surface area contributed by atoms with Crippen molar-refractivity contribution in [2.75, 3.05) is 12.9 Å². The highest BCUT2D eigenvalue weighted by atomic mass is 32.2. The number of rotatable bonds is 3. The molecular formula is C10H12O3S. The predicted octanol–water partition coefficient (Wildman–Crippen LogP) is 1.03. The second-order valence-corrected chi connectivity index (χ2v) is 5.59. The Kier molecular flexibility index (Phi) is 2.33. The van der Waals surface area contributed by atoms with Gasteiger partial charge in [0.05, 0.1) is 17.6 Å². The van der Waals surface area contributed by atoms with E-state index in [4.69, 9.17) is 4.74 Å². The Morgan fingerprint density at radius 1 is 1.50 bits per heavy atom. The lowest BCUT2D eigenvalue weighted by Gasteiger charge is -2.01. The Morgan fingerprint density at radius 2 is 2.21 bits per heavy atom. The quantitative estimate of drug-likeness (QED) is 0.703. The molecule has 1 atom stereocenters. The molecule has 1 unspecified atom stereocenters. The van der Waals surface area contributed by atoms with Crippen molar-refractivity contribution in [3.8, 4) is 0 Å². The zero-order valence-corrected chi connectivity index (χ0v) is 8.75. The molecule has 0 bridgehead atoms. The van der Waals surface area contributed by atoms with Gasteiger partial charge in [0.1, 0.15) is 0 Å². The summed E-state index contributed by atoms with van der Waals surface area (Å²) in [6.07, 6.45) is 2.33. The van der Waals surface area contributed by atoms with Crippen molar-refractivity contribution in [2.45, 2.75) is 17.4 Å². The van der Waals surface area contributed by atoms with E-state index in [0.29, 0.717) is 11.0 Å². The molecule has 1 fully saturated rings. The molecule has 1 aromatic rings. The van der Waals surface area contributed by atoms with Crippen molar-refractivity contribution in [1.29, 1.82) is 0 Å². The maximum atomic E-state index is 11.3. The summed E-state index contributed by atoms with van der Waals surface area (Å²) in [7, 11) is -3.08. The van der Waals surface area contributed by atoms with Gasteiger partial charge >= 0.3 is 0 Å². The van der Waals surface area contributed by atoms with Crippen LogP contribution < -0.4 is 0 Å². The molecule has 14 heavy (non-hydrogen) atoms. The highest BCUT2D eigenvalue weighted by Crippen LogP contribution is 2.18. The second-order valence-electron chi connectivity index (χ2n) is 3.58. The van der Waals surface area contributed by atoms with Crippen LogP contribution >= 0.6 is 0 Å². The highest BCUT2D eigenvalue weighted by Gasteiger charge is 2.22. The lowest BCUT2D eigenvalue weighted by molar-refractivity contribution is 0.407. The Bertz CT molecular complexity index is 432. The minimum Gasteiger partial charge on any atom is -0.373 e. The number of epoxide rings is 1. The van der Waals surface area contributed by atoms with Crippen LogP contribution in [0.3, 0.4) is 0 Å². The summed E-state index contributed by atoms with van der Waals surface area (Å²) in [4.78, 5) is 0.385. The fraction of sp³-hybridized carbons (Fsp3) is 0.400. The van der Waals surface area contributed by atoms with Gasteiger partial charge in [0.2, 0.25) is 0 Å². The third-order valence-electron chi connectivity index (χ3n) is 2.19. The van der Waals surface area contributed by atoms with Crippen molar-refractivity contribution in [3.63, 3.8) is 0 Å². The van der Waals surface area contributed by atoms with Crippen molar-refractivity contribution in [2.24, 2.45) is 0 Å². The maximum Gasteiger partial charge on any atom is 0.175 e. The zero-order valence-electron chi connectivity index (χ0n) is 7.93. The molecule has 0 aromatic heterocycles. The van der Waals surface area contributed by atoms with Crippen LogP contribution in [0, 0.1) is 0 Å². The lowest BCUT2D eigenvalue weighted by atomic mass is 10.1. The number of hydrogen-bond donors (Lipinski definition) is 0. The van der Waals surface area contributed by atoms with E-state index >= 15 is 0 Å². The minimum absolute atomic E-state index is 0.296. The number of ether oxygens (including phenoxy) is 1. The van der Waals surface area contributed by atoms with E-state index in [0.717, 1.165) is 18.6 Å². The zero-order chi connectivity index (χ0) is 10.2. The molecule has 1 heterocycles. The molecule has 0 amide bonds. The van der Waals surface area contributed by atoms with E-state index in [9.17, 15) is 8.42 Å². The summed E-state index contributed by atoms with van der Waals surface area (Å²) in [6.45, 7) is 0.795. The van der Waals surface area contributed by atoms with Crippen molar-refractivity contribution < 1.29 is 13.2 Å². The van der Waals surface area contributed by atoms with Gasteiger partial charge in [0, 0.05) is 12.7 Å². The third-order valence-corrected chi connectivity index (χ3v) is 3.30. The van der Waals surface area contributed by atoms with Gasteiger partial charge in [-0.25, -0.2) is 8.42 Å². The molecule has 1 aliphatic heterocycles. The summed E-state index contributed by atoms with van der Waals surface area (Å²) in [5.41, 5.74) is 1.02. The number of hydrogen-bond acceptors (Lipinski definition) is 3. The van der Waals surface area contributed by atoms with Gasteiger partial charge < -0.3 is 4.74 Å². The molecule has 76 valence electrons. The Morgan fingerprint density at radius 3 is 2.79 bits per heavy atom. The molecular weight excluding hydrogens is 200 g/mol. The average Bonchev–Trinajstić information content (AvgIpc) is 2.87. The Hall–Kier alpha value is -0.870. The van der Waals surface area contributed by atoms with Crippen molar-refractivity contribution in [3.05, 3.63) is 29.8 Å². The highest BCUT2D eigenvalue weighted by molar-refractivity contribution is 7.90. The molecule has 1 aromatic carbocycles. The smallest absolute Gasteiger partial charge is 0.175 e. The fourth-order valence-corrected chi connectivity index (χ4v) is 2.04. The molecule has 1 aliphatic rings. The van der Waals surface area contributed by atoms with Gasteiger partial charge in [-0.1, -0.05) is 12.1 Å². The molecule has 3 nitrogen and oxygen atoms in total. The summed E-state index contributed by atoms with van der Waals surface area (Å²) in [5, 5.41) is 0. The minimum atomic E-state index is -3.08. The first kappa shape index (κ1) is 9.68. The van der Waals surface area contributed by atoms with Crippen LogP contribution in [0.4, 0.5) is 0 Å². The number of sulfone groups is 1. The fourth-order valence-electron chi connectivity index (χ4n) is 1.35. The molecule has 0 radical (unpaired) electrons. The van der Waals surface area contributed by atoms with Gasteiger partial charge in [-0.05, 0) is 17.7 Å². The van der Waals surface area contributed by atoms with Crippen LogP contribution in [-0.4, -0.2) is 27.4 Å². The molecule has 4 heteroatoms. The molecule has 0 saturated carbocycles. The van der Waals surface area contributed by atoms with E-state index in [1.807, 2.05) is 6.07 Å². The monoisotopic (exact) mass is 212 g/mol. The van der Waals surface area contributed by atoms with Crippen LogP contribution in [0.2, 0.25) is 0 Å². The van der Waals surface area contributed by atoms with E-state index in [2.05, 4.69) is 0 Å². The summed E-state index contributed by atoms with van der Waals surface area (Å²) < 4.78 is 27.6. The van der Waals surface area contributed by atoms with E-state index in [-0.39, 0.29) is 0 Å². The first-order valence-corrected chi connectivity index (χ1v) is 6.35. The lowest BCUT2D eigenvalue weighted by Crippen LogP contribution is -1.99. The molecule has 2 rings (SSSR count). The van der Waals surface area contributed by atoms with E-state index < -0.39 is 9.84 Å². The van der Waals surface area contributed by atoms with Crippen LogP contribution in [0.5, 0.6) is 0 Å². The normalized spacial score (nSPS) is 20.8. The molecule has 0 N–H and O–H groups in total. The van der Waals surface area contributed by atoms with E-state index in [1.165, 1.54) is 6.26 Å². The van der Waals surface area contributed by atoms with Crippen LogP contribution in [0.25, 0.3) is 0 Å². The Labute approximate surface area is 83.6 Å². The Balaban J connectivity index is 2.26. The maximum absolute atomic E-state index is 11.3. The summed E-state index contributed by atoms with van der Waals surface area (Å²) in [5.74, 6) is 0. The standard InChI is InChI=1S/C10H12O3S/c1-14(11,12)10-4-2-3-8(6-10)5-9-7-13-9/h2-4,6,9H,5,7H2,1H3. The SMILES string of the molecule is CS(=O)(=O)c1cccc(CC2CO2)c1. The summed E-state index contributed by atoms with van der Waals surface area (Å²) >= 11 is 0. The van der Waals surface area contributed by atoms with E-state index in [1.54, 1.807) is 18.2 Å². The number of benzene rings is 1. The molecule has 0 spiro atoms.